The Labute approximate surface area is 351 Å². The highest BCUT2D eigenvalue weighted by atomic mass is 32.2. The monoisotopic (exact) mass is 841 g/mol. The van der Waals surface area contributed by atoms with Crippen LogP contribution in [0.4, 0.5) is 4.79 Å². The van der Waals surface area contributed by atoms with E-state index in [1.807, 2.05) is 62.4 Å². The zero-order valence-electron chi connectivity index (χ0n) is 34.3. The lowest BCUT2D eigenvalue weighted by atomic mass is 9.93. The number of carbonyl (C=O) groups is 4. The minimum Gasteiger partial charge on any atom is -0.489 e. The Morgan fingerprint density at radius 2 is 1.73 bits per heavy atom. The molecule has 0 bridgehead atoms. The van der Waals surface area contributed by atoms with Gasteiger partial charge in [-0.3, -0.25) is 24.1 Å². The van der Waals surface area contributed by atoms with Gasteiger partial charge in [0.05, 0.1) is 17.3 Å². The number of fused-ring (bicyclic) bond motifs is 2. The maximum Gasteiger partial charge on any atom is 0.408 e. The Balaban J connectivity index is 1.09. The number of nitrogens with one attached hydrogen (secondary N) is 3. The average Bonchev–Trinajstić information content (AvgIpc) is 4.12. The number of carbonyl (C=O) groups excluding carboxylic acids is 4. The first kappa shape index (κ1) is 41.5. The van der Waals surface area contributed by atoms with Crippen LogP contribution in [0.2, 0.25) is 0 Å². The van der Waals surface area contributed by atoms with E-state index in [9.17, 15) is 27.6 Å². The first-order valence-electron chi connectivity index (χ1n) is 21.4. The summed E-state index contributed by atoms with van der Waals surface area (Å²) in [7, 11) is -3.91. The van der Waals surface area contributed by atoms with E-state index in [1.54, 1.807) is 0 Å². The number of hydrogen-bond donors (Lipinski definition) is 3. The lowest BCUT2D eigenvalue weighted by molar-refractivity contribution is -0.141. The molecule has 4 aliphatic carbocycles. The molecule has 2 heterocycles. The molecule has 0 spiro atoms. The van der Waals surface area contributed by atoms with Gasteiger partial charge in [0.15, 0.2) is 0 Å². The number of benzene rings is 2. The Kier molecular flexibility index (Phi) is 11.8. The standard InChI is InChI=1S/C45H55N5O9S/c1-4-29-24-45(29,43(53)49-60(55,56)33-19-20-33)48-41(51)38-23-32(25-50(38)42(52)39(27(2)3)47-44(54)59-30-14-8-9-15-30)58-40-34-16-10-11-17-36(34)46-37-21-18-31(22-35(37)40)57-26-28-12-6-5-7-13-28/h4-7,12-13,18,21-22,27,29-30,32-33,38-39H,1,8-11,14-17,19-20,23-26H2,2-3H3,(H,47,54)(H,48,51)(H,49,53)/t29?,32-,38+,39+,45?/m1/s1. The molecule has 15 heteroatoms. The number of nitrogens with zero attached hydrogens (tertiary/aromatic N) is 2. The van der Waals surface area contributed by atoms with Crippen molar-refractivity contribution in [1.82, 2.24) is 25.2 Å². The predicted octanol–water partition coefficient (Wildman–Crippen LogP) is 5.40. The van der Waals surface area contributed by atoms with Crippen molar-refractivity contribution in [2.75, 3.05) is 6.54 Å². The molecule has 1 saturated heterocycles. The topological polar surface area (TPSA) is 182 Å². The number of pyridine rings is 1. The molecule has 1 aromatic heterocycles. The number of rotatable bonds is 15. The molecule has 2 aromatic carbocycles. The van der Waals surface area contributed by atoms with Crippen LogP contribution < -0.4 is 24.8 Å². The summed E-state index contributed by atoms with van der Waals surface area (Å²) in [4.78, 5) is 62.5. The SMILES string of the molecule is C=CC1CC1(NC(=O)[C@@H]1C[C@@H](Oc2c3c(nc4ccc(OCc5ccccc5)cc24)CCCC3)CN1C(=O)[C@@H](NC(=O)OC1CCCC1)C(C)C)C(=O)NS(=O)(=O)C1CC1. The fourth-order valence-electron chi connectivity index (χ4n) is 8.90. The van der Waals surface area contributed by atoms with Crippen LogP contribution in [0.25, 0.3) is 10.9 Å². The van der Waals surface area contributed by atoms with Crippen LogP contribution >= 0.6 is 0 Å². The molecule has 8 rings (SSSR count). The molecule has 14 nitrogen and oxygen atoms in total. The maximum atomic E-state index is 14.7. The van der Waals surface area contributed by atoms with Gasteiger partial charge in [-0.1, -0.05) is 50.3 Å². The molecule has 1 aliphatic heterocycles. The Bertz CT molecular complexity index is 2260. The van der Waals surface area contributed by atoms with Crippen molar-refractivity contribution in [3.8, 4) is 11.5 Å². The van der Waals surface area contributed by atoms with Crippen molar-refractivity contribution >= 4 is 44.7 Å². The van der Waals surface area contributed by atoms with Crippen LogP contribution in [0.5, 0.6) is 11.5 Å². The fraction of sp³-hybridized carbons (Fsp3) is 0.533. The van der Waals surface area contributed by atoms with E-state index in [4.69, 9.17) is 19.2 Å². The Morgan fingerprint density at radius 1 is 0.983 bits per heavy atom. The highest BCUT2D eigenvalue weighted by Gasteiger charge is 2.62. The van der Waals surface area contributed by atoms with Crippen LogP contribution in [-0.4, -0.2) is 83.7 Å². The summed E-state index contributed by atoms with van der Waals surface area (Å²) < 4.78 is 46.7. The molecule has 4 amide bonds. The normalized spacial score (nSPS) is 24.3. The molecule has 3 N–H and O–H groups in total. The molecule has 5 aliphatic rings. The summed E-state index contributed by atoms with van der Waals surface area (Å²) in [6.07, 6.45) is 8.01. The van der Waals surface area contributed by atoms with Crippen molar-refractivity contribution in [2.24, 2.45) is 11.8 Å². The largest absolute Gasteiger partial charge is 0.489 e. The van der Waals surface area contributed by atoms with Crippen molar-refractivity contribution in [2.45, 2.75) is 133 Å². The number of sulfonamides is 1. The summed E-state index contributed by atoms with van der Waals surface area (Å²) >= 11 is 0. The highest BCUT2D eigenvalue weighted by molar-refractivity contribution is 7.91. The number of likely N-dealkylation sites (tertiary alicyclic amines) is 1. The lowest BCUT2D eigenvalue weighted by Gasteiger charge is -2.31. The van der Waals surface area contributed by atoms with Crippen LogP contribution in [0.1, 0.15) is 94.9 Å². The molecule has 320 valence electrons. The molecular weight excluding hydrogens is 787 g/mol. The van der Waals surface area contributed by atoms with Crippen molar-refractivity contribution in [1.29, 1.82) is 0 Å². The number of ether oxygens (including phenoxy) is 3. The number of hydrogen-bond acceptors (Lipinski definition) is 10. The number of alkyl carbamates (subject to hydrolysis) is 1. The summed E-state index contributed by atoms with van der Waals surface area (Å²) in [5.41, 5.74) is 2.14. The Hall–Kier alpha value is -5.18. The van der Waals surface area contributed by atoms with Crippen LogP contribution in [0, 0.1) is 11.8 Å². The number of aryl methyl sites for hydroxylation is 1. The van der Waals surface area contributed by atoms with E-state index >= 15 is 0 Å². The van der Waals surface area contributed by atoms with Crippen LogP contribution in [-0.2, 0) is 48.6 Å². The number of amides is 4. The first-order chi connectivity index (χ1) is 28.8. The molecule has 5 atom stereocenters. The van der Waals surface area contributed by atoms with E-state index in [0.717, 1.165) is 79.1 Å². The van der Waals surface area contributed by atoms with Gasteiger partial charge in [-0.2, -0.15) is 0 Å². The Morgan fingerprint density at radius 3 is 2.43 bits per heavy atom. The zero-order chi connectivity index (χ0) is 42.2. The summed E-state index contributed by atoms with van der Waals surface area (Å²) in [5.74, 6) is -1.58. The second-order valence-corrected chi connectivity index (χ2v) is 19.3. The molecular formula is C45H55N5O9S. The van der Waals surface area contributed by atoms with Gasteiger partial charge in [0.25, 0.3) is 5.91 Å². The molecule has 60 heavy (non-hydrogen) atoms. The third-order valence-corrected chi connectivity index (χ3v) is 14.4. The predicted molar refractivity (Wildman–Crippen MR) is 223 cm³/mol. The average molecular weight is 842 g/mol. The second-order valence-electron chi connectivity index (χ2n) is 17.4. The van der Waals surface area contributed by atoms with Crippen molar-refractivity contribution in [3.05, 3.63) is 78.0 Å². The van der Waals surface area contributed by atoms with E-state index < -0.39 is 68.7 Å². The van der Waals surface area contributed by atoms with E-state index in [2.05, 4.69) is 21.9 Å². The smallest absolute Gasteiger partial charge is 0.408 e. The molecule has 3 saturated carbocycles. The van der Waals surface area contributed by atoms with Crippen LogP contribution in [0.15, 0.2) is 61.2 Å². The minimum absolute atomic E-state index is 0.00240. The molecule has 4 fully saturated rings. The first-order valence-corrected chi connectivity index (χ1v) is 23.0. The molecule has 0 radical (unpaired) electrons. The van der Waals surface area contributed by atoms with Gasteiger partial charge in [0.1, 0.15) is 47.9 Å². The zero-order valence-corrected chi connectivity index (χ0v) is 35.1. The van der Waals surface area contributed by atoms with Gasteiger partial charge in [-0.15, -0.1) is 6.58 Å². The summed E-state index contributed by atoms with van der Waals surface area (Å²) in [5, 5.41) is 5.76. The minimum atomic E-state index is -3.91. The summed E-state index contributed by atoms with van der Waals surface area (Å²) in [6, 6.07) is 13.4. The fourth-order valence-corrected chi connectivity index (χ4v) is 10.3. The third-order valence-electron chi connectivity index (χ3n) is 12.6. The van der Waals surface area contributed by atoms with Gasteiger partial charge in [0.2, 0.25) is 21.8 Å². The number of aromatic nitrogens is 1. The van der Waals surface area contributed by atoms with Gasteiger partial charge in [-0.25, -0.2) is 13.2 Å². The summed E-state index contributed by atoms with van der Waals surface area (Å²) in [6.45, 7) is 7.81. The van der Waals surface area contributed by atoms with E-state index in [-0.39, 0.29) is 31.4 Å². The second kappa shape index (κ2) is 17.1. The molecule has 3 aromatic rings. The van der Waals surface area contributed by atoms with Crippen molar-refractivity contribution in [3.63, 3.8) is 0 Å². The maximum absolute atomic E-state index is 14.7. The van der Waals surface area contributed by atoms with Gasteiger partial charge in [-0.05, 0) is 100 Å². The molecule has 2 unspecified atom stereocenters. The quantitative estimate of drug-likeness (QED) is 0.168. The highest BCUT2D eigenvalue weighted by Crippen LogP contribution is 2.46. The lowest BCUT2D eigenvalue weighted by Crippen LogP contribution is -2.59. The third kappa shape index (κ3) is 8.82. The van der Waals surface area contributed by atoms with Gasteiger partial charge >= 0.3 is 6.09 Å². The van der Waals surface area contributed by atoms with Crippen LogP contribution in [0.3, 0.4) is 0 Å². The van der Waals surface area contributed by atoms with E-state index in [0.29, 0.717) is 30.9 Å². The van der Waals surface area contributed by atoms with Gasteiger partial charge < -0.3 is 29.7 Å². The van der Waals surface area contributed by atoms with Gasteiger partial charge in [0, 0.05) is 29.0 Å². The van der Waals surface area contributed by atoms with E-state index in [1.165, 1.54) is 11.0 Å². The van der Waals surface area contributed by atoms with Crippen molar-refractivity contribution < 1.29 is 41.8 Å².